The van der Waals surface area contributed by atoms with Gasteiger partial charge in [0.15, 0.2) is 0 Å². The van der Waals surface area contributed by atoms with Crippen LogP contribution in [0.15, 0.2) is 28.7 Å². The Bertz CT molecular complexity index is 382. The van der Waals surface area contributed by atoms with E-state index in [0.29, 0.717) is 0 Å². The van der Waals surface area contributed by atoms with Crippen molar-refractivity contribution in [1.82, 2.24) is 5.32 Å². The fourth-order valence-corrected chi connectivity index (χ4v) is 2.20. The van der Waals surface area contributed by atoms with Crippen molar-refractivity contribution in [3.63, 3.8) is 0 Å². The smallest absolute Gasteiger partial charge is 0.0175 e. The molecule has 3 heteroatoms. The van der Waals surface area contributed by atoms with Crippen LogP contribution in [0, 0.1) is 5.41 Å². The third-order valence-electron chi connectivity index (χ3n) is 3.72. The first kappa shape index (κ1) is 16.7. The molecule has 0 spiro atoms. The van der Waals surface area contributed by atoms with Gasteiger partial charge < -0.3 is 11.1 Å². The second-order valence-electron chi connectivity index (χ2n) is 6.69. The first-order chi connectivity index (χ1) is 8.77. The monoisotopic (exact) mass is 326 g/mol. The number of nitrogens with one attached hydrogen (secondary N) is 1. The summed E-state index contributed by atoms with van der Waals surface area (Å²) in [6, 6.07) is 8.59. The largest absolute Gasteiger partial charge is 0.330 e. The highest BCUT2D eigenvalue weighted by molar-refractivity contribution is 9.10. The molecular weight excluding hydrogens is 300 g/mol. The van der Waals surface area contributed by atoms with Crippen LogP contribution < -0.4 is 11.1 Å². The highest BCUT2D eigenvalue weighted by atomic mass is 79.9. The van der Waals surface area contributed by atoms with Gasteiger partial charge in [-0.1, -0.05) is 55.8 Å². The van der Waals surface area contributed by atoms with Gasteiger partial charge in [0.05, 0.1) is 0 Å². The van der Waals surface area contributed by atoms with E-state index in [4.69, 9.17) is 5.73 Å². The van der Waals surface area contributed by atoms with Crippen molar-refractivity contribution < 1.29 is 0 Å². The van der Waals surface area contributed by atoms with Gasteiger partial charge in [-0.05, 0) is 42.6 Å². The molecule has 0 radical (unpaired) electrons. The van der Waals surface area contributed by atoms with E-state index in [1.807, 2.05) is 0 Å². The Hall–Kier alpha value is -0.380. The minimum absolute atomic E-state index is 0.146. The average Bonchev–Trinajstić information content (AvgIpc) is 2.35. The standard InChI is InChI=1S/C16H27BrN2/c1-15(2,11-18)9-10-19-12-16(3,4)13-5-7-14(17)8-6-13/h5-8,19H,9-12,18H2,1-4H3. The van der Waals surface area contributed by atoms with E-state index >= 15 is 0 Å². The summed E-state index contributed by atoms with van der Waals surface area (Å²) in [5.41, 5.74) is 7.49. The Morgan fingerprint density at radius 3 is 2.21 bits per heavy atom. The first-order valence-corrected chi connectivity index (χ1v) is 7.73. The second-order valence-corrected chi connectivity index (χ2v) is 7.60. The van der Waals surface area contributed by atoms with Gasteiger partial charge in [0, 0.05) is 16.4 Å². The van der Waals surface area contributed by atoms with E-state index in [1.54, 1.807) is 0 Å². The average molecular weight is 327 g/mol. The Balaban J connectivity index is 2.45. The van der Waals surface area contributed by atoms with Gasteiger partial charge >= 0.3 is 0 Å². The fourth-order valence-electron chi connectivity index (χ4n) is 1.93. The summed E-state index contributed by atoms with van der Waals surface area (Å²) in [5, 5.41) is 3.56. The van der Waals surface area contributed by atoms with Gasteiger partial charge in [-0.3, -0.25) is 0 Å². The topological polar surface area (TPSA) is 38.0 Å². The number of hydrogen-bond acceptors (Lipinski definition) is 2. The lowest BCUT2D eigenvalue weighted by Gasteiger charge is -2.28. The molecule has 0 aliphatic heterocycles. The van der Waals surface area contributed by atoms with E-state index in [-0.39, 0.29) is 10.8 Å². The van der Waals surface area contributed by atoms with Crippen molar-refractivity contribution >= 4 is 15.9 Å². The number of rotatable bonds is 7. The van der Waals surface area contributed by atoms with Crippen molar-refractivity contribution in [3.05, 3.63) is 34.3 Å². The maximum Gasteiger partial charge on any atom is 0.0175 e. The normalized spacial score (nSPS) is 12.7. The van der Waals surface area contributed by atoms with Crippen LogP contribution in [-0.2, 0) is 5.41 Å². The van der Waals surface area contributed by atoms with Crippen LogP contribution in [0.4, 0.5) is 0 Å². The molecule has 19 heavy (non-hydrogen) atoms. The lowest BCUT2D eigenvalue weighted by molar-refractivity contribution is 0.331. The molecule has 1 aromatic rings. The van der Waals surface area contributed by atoms with E-state index in [2.05, 4.69) is 73.2 Å². The van der Waals surface area contributed by atoms with Crippen molar-refractivity contribution in [2.75, 3.05) is 19.6 Å². The molecule has 0 unspecified atom stereocenters. The number of hydrogen-bond donors (Lipinski definition) is 2. The van der Waals surface area contributed by atoms with Crippen molar-refractivity contribution in [2.45, 2.75) is 39.5 Å². The quantitative estimate of drug-likeness (QED) is 0.750. The first-order valence-electron chi connectivity index (χ1n) is 6.94. The van der Waals surface area contributed by atoms with Crippen LogP contribution >= 0.6 is 15.9 Å². The summed E-state index contributed by atoms with van der Waals surface area (Å²) in [7, 11) is 0. The summed E-state index contributed by atoms with van der Waals surface area (Å²) >= 11 is 3.48. The summed E-state index contributed by atoms with van der Waals surface area (Å²) in [4.78, 5) is 0. The second kappa shape index (κ2) is 6.87. The molecule has 1 aromatic carbocycles. The summed E-state index contributed by atoms with van der Waals surface area (Å²) in [6.07, 6.45) is 1.11. The summed E-state index contributed by atoms with van der Waals surface area (Å²) < 4.78 is 1.13. The molecule has 0 saturated carbocycles. The van der Waals surface area contributed by atoms with Crippen LogP contribution in [0.1, 0.15) is 39.7 Å². The molecule has 0 atom stereocenters. The van der Waals surface area contributed by atoms with Gasteiger partial charge in [-0.25, -0.2) is 0 Å². The van der Waals surface area contributed by atoms with Gasteiger partial charge in [0.25, 0.3) is 0 Å². The predicted octanol–water partition coefficient (Wildman–Crippen LogP) is 3.69. The van der Waals surface area contributed by atoms with E-state index < -0.39 is 0 Å². The molecule has 0 fully saturated rings. The highest BCUT2D eigenvalue weighted by Crippen LogP contribution is 2.24. The zero-order chi connectivity index (χ0) is 14.5. The van der Waals surface area contributed by atoms with Crippen molar-refractivity contribution in [2.24, 2.45) is 11.1 Å². The van der Waals surface area contributed by atoms with E-state index in [9.17, 15) is 0 Å². The molecule has 3 N–H and O–H groups in total. The molecule has 0 aromatic heterocycles. The minimum Gasteiger partial charge on any atom is -0.330 e. The van der Waals surface area contributed by atoms with Crippen LogP contribution in [0.25, 0.3) is 0 Å². The number of nitrogens with two attached hydrogens (primary N) is 1. The molecule has 0 aliphatic carbocycles. The fraction of sp³-hybridized carbons (Fsp3) is 0.625. The Labute approximate surface area is 126 Å². The third kappa shape index (κ3) is 5.64. The molecule has 0 heterocycles. The maximum absolute atomic E-state index is 5.75. The van der Waals surface area contributed by atoms with Gasteiger partial charge in [0.1, 0.15) is 0 Å². The van der Waals surface area contributed by atoms with Crippen LogP contribution in [0.2, 0.25) is 0 Å². The van der Waals surface area contributed by atoms with Crippen molar-refractivity contribution in [3.8, 4) is 0 Å². The number of benzene rings is 1. The Kier molecular flexibility index (Phi) is 6.03. The van der Waals surface area contributed by atoms with Crippen LogP contribution in [0.3, 0.4) is 0 Å². The lowest BCUT2D eigenvalue weighted by atomic mass is 9.84. The number of halogens is 1. The Morgan fingerprint density at radius 1 is 1.11 bits per heavy atom. The summed E-state index contributed by atoms with van der Waals surface area (Å²) in [5.74, 6) is 0. The molecular formula is C16H27BrN2. The zero-order valence-electron chi connectivity index (χ0n) is 12.6. The molecule has 0 saturated heterocycles. The van der Waals surface area contributed by atoms with Gasteiger partial charge in [-0.15, -0.1) is 0 Å². The summed E-state index contributed by atoms with van der Waals surface area (Å²) in [6.45, 7) is 11.7. The molecule has 0 aliphatic rings. The van der Waals surface area contributed by atoms with Gasteiger partial charge in [0.2, 0.25) is 0 Å². The molecule has 108 valence electrons. The van der Waals surface area contributed by atoms with Crippen LogP contribution in [-0.4, -0.2) is 19.6 Å². The third-order valence-corrected chi connectivity index (χ3v) is 4.25. The Morgan fingerprint density at radius 2 is 1.68 bits per heavy atom. The zero-order valence-corrected chi connectivity index (χ0v) is 14.2. The predicted molar refractivity (Wildman–Crippen MR) is 87.5 cm³/mol. The highest BCUT2D eigenvalue weighted by Gasteiger charge is 2.21. The van der Waals surface area contributed by atoms with E-state index in [1.165, 1.54) is 5.56 Å². The maximum atomic E-state index is 5.75. The SMILES string of the molecule is CC(C)(CN)CCNCC(C)(C)c1ccc(Br)cc1. The van der Waals surface area contributed by atoms with E-state index in [0.717, 1.165) is 30.5 Å². The van der Waals surface area contributed by atoms with Gasteiger partial charge in [-0.2, -0.15) is 0 Å². The molecule has 0 bridgehead atoms. The minimum atomic E-state index is 0.146. The van der Waals surface area contributed by atoms with Crippen molar-refractivity contribution in [1.29, 1.82) is 0 Å². The van der Waals surface area contributed by atoms with Crippen LogP contribution in [0.5, 0.6) is 0 Å². The molecule has 1 rings (SSSR count). The molecule has 2 nitrogen and oxygen atoms in total. The lowest BCUT2D eigenvalue weighted by Crippen LogP contribution is -2.36. The molecule has 0 amide bonds.